The zero-order chi connectivity index (χ0) is 21.8. The molecule has 0 radical (unpaired) electrons. The number of aryl methyl sites for hydroxylation is 1. The number of amides is 1. The summed E-state index contributed by atoms with van der Waals surface area (Å²) in [4.78, 5) is 16.9. The molecule has 4 rings (SSSR count). The average Bonchev–Trinajstić information content (AvgIpc) is 3.34. The molecule has 0 atom stereocenters. The molecule has 1 N–H and O–H groups in total. The van der Waals surface area contributed by atoms with Crippen LogP contribution in [-0.4, -0.2) is 34.0 Å². The van der Waals surface area contributed by atoms with Gasteiger partial charge in [-0.1, -0.05) is 23.9 Å². The molecule has 0 fully saturated rings. The number of nitrogens with zero attached hydrogens (tertiary/aromatic N) is 4. The highest BCUT2D eigenvalue weighted by atomic mass is 79.9. The molecule has 0 aliphatic rings. The second-order valence-corrected chi connectivity index (χ2v) is 9.61. The average molecular weight is 516 g/mol. The lowest BCUT2D eigenvalue weighted by molar-refractivity contribution is 0.0948. The monoisotopic (exact) mass is 515 g/mol. The largest absolute Gasteiger partial charge is 0.496 e. The van der Waals surface area contributed by atoms with Gasteiger partial charge in [-0.3, -0.25) is 9.48 Å². The van der Waals surface area contributed by atoms with Crippen LogP contribution in [0.1, 0.15) is 21.6 Å². The third-order valence-corrected chi connectivity index (χ3v) is 7.12. The van der Waals surface area contributed by atoms with Gasteiger partial charge in [-0.15, -0.1) is 11.3 Å². The minimum Gasteiger partial charge on any atom is -0.496 e. The first-order chi connectivity index (χ1) is 15.0. The molecule has 2 heterocycles. The van der Waals surface area contributed by atoms with E-state index in [9.17, 15) is 4.79 Å². The number of carbonyl (C=O) groups is 1. The van der Waals surface area contributed by atoms with Gasteiger partial charge in [0, 0.05) is 24.6 Å². The molecule has 1 amide bonds. The highest BCUT2D eigenvalue weighted by Gasteiger charge is 2.13. The summed E-state index contributed by atoms with van der Waals surface area (Å²) in [6, 6.07) is 13.9. The number of hydrazone groups is 1. The molecule has 2 aromatic carbocycles. The first kappa shape index (κ1) is 21.5. The molecule has 0 aliphatic heterocycles. The third-order valence-electron chi connectivity index (χ3n) is 4.31. The van der Waals surface area contributed by atoms with Crippen molar-refractivity contribution in [2.75, 3.05) is 7.11 Å². The number of hydrogen-bond acceptors (Lipinski definition) is 7. The van der Waals surface area contributed by atoms with E-state index in [0.717, 1.165) is 26.7 Å². The van der Waals surface area contributed by atoms with Gasteiger partial charge in [-0.25, -0.2) is 10.4 Å². The summed E-state index contributed by atoms with van der Waals surface area (Å²) in [6.07, 6.45) is 3.30. The van der Waals surface area contributed by atoms with Crippen LogP contribution in [-0.2, 0) is 12.8 Å². The van der Waals surface area contributed by atoms with Gasteiger partial charge < -0.3 is 4.74 Å². The molecule has 0 spiro atoms. The Kier molecular flexibility index (Phi) is 6.69. The smallest absolute Gasteiger partial charge is 0.293 e. The number of thioether (sulfide) groups is 1. The van der Waals surface area contributed by atoms with Gasteiger partial charge in [0.25, 0.3) is 5.91 Å². The number of para-hydroxylation sites is 1. The van der Waals surface area contributed by atoms with E-state index in [1.54, 1.807) is 54.3 Å². The number of carbonyl (C=O) groups excluding carboxylic acids is 1. The van der Waals surface area contributed by atoms with Gasteiger partial charge in [0.2, 0.25) is 0 Å². The van der Waals surface area contributed by atoms with Crippen LogP contribution in [0.25, 0.3) is 10.2 Å². The number of ether oxygens (including phenoxy) is 1. The van der Waals surface area contributed by atoms with Crippen molar-refractivity contribution in [1.29, 1.82) is 0 Å². The summed E-state index contributed by atoms with van der Waals surface area (Å²) in [7, 11) is 3.40. The summed E-state index contributed by atoms with van der Waals surface area (Å²) in [6.45, 7) is 0. The number of rotatable bonds is 7. The zero-order valence-corrected chi connectivity index (χ0v) is 19.9. The lowest BCUT2D eigenvalue weighted by Crippen LogP contribution is -2.19. The van der Waals surface area contributed by atoms with Crippen LogP contribution in [0.2, 0.25) is 0 Å². The molecule has 0 bridgehead atoms. The van der Waals surface area contributed by atoms with Crippen LogP contribution < -0.4 is 10.2 Å². The van der Waals surface area contributed by atoms with Crippen LogP contribution in [0.4, 0.5) is 0 Å². The van der Waals surface area contributed by atoms with Crippen molar-refractivity contribution < 1.29 is 9.53 Å². The minimum atomic E-state index is -0.385. The van der Waals surface area contributed by atoms with E-state index in [1.165, 1.54) is 4.70 Å². The number of benzene rings is 2. The van der Waals surface area contributed by atoms with Crippen LogP contribution in [0.5, 0.6) is 5.75 Å². The lowest BCUT2D eigenvalue weighted by atomic mass is 10.1. The van der Waals surface area contributed by atoms with Gasteiger partial charge in [-0.05, 0) is 51.8 Å². The number of aromatic nitrogens is 3. The number of thiazole rings is 1. The molecule has 0 aliphatic carbocycles. The summed E-state index contributed by atoms with van der Waals surface area (Å²) in [5.41, 5.74) is 5.67. The maximum absolute atomic E-state index is 12.2. The second kappa shape index (κ2) is 9.63. The van der Waals surface area contributed by atoms with E-state index < -0.39 is 0 Å². The predicted octanol–water partition coefficient (Wildman–Crippen LogP) is 4.86. The van der Waals surface area contributed by atoms with Crippen molar-refractivity contribution in [1.82, 2.24) is 20.2 Å². The molecule has 10 heteroatoms. The van der Waals surface area contributed by atoms with Crippen molar-refractivity contribution in [3.05, 3.63) is 70.0 Å². The van der Waals surface area contributed by atoms with Crippen LogP contribution in [0.3, 0.4) is 0 Å². The Morgan fingerprint density at radius 2 is 2.19 bits per heavy atom. The molecule has 7 nitrogen and oxygen atoms in total. The van der Waals surface area contributed by atoms with Crippen molar-refractivity contribution >= 4 is 61.4 Å². The van der Waals surface area contributed by atoms with Gasteiger partial charge >= 0.3 is 0 Å². The second-order valence-electron chi connectivity index (χ2n) is 6.51. The highest BCUT2D eigenvalue weighted by Crippen LogP contribution is 2.33. The fraction of sp³-hybridized carbons (Fsp3) is 0.143. The van der Waals surface area contributed by atoms with Crippen LogP contribution >= 0.6 is 39.0 Å². The molecule has 31 heavy (non-hydrogen) atoms. The SMILES string of the molecule is COc1ccc(/C=N\NC(=O)c2nn(C)cc2Br)cc1CSc1nc2ccccc2s1. The Morgan fingerprint density at radius 1 is 1.35 bits per heavy atom. The summed E-state index contributed by atoms with van der Waals surface area (Å²) in [5.74, 6) is 1.12. The Morgan fingerprint density at radius 3 is 2.94 bits per heavy atom. The third kappa shape index (κ3) is 5.15. The number of hydrogen-bond donors (Lipinski definition) is 1. The maximum Gasteiger partial charge on any atom is 0.293 e. The van der Waals surface area contributed by atoms with E-state index >= 15 is 0 Å². The number of fused-ring (bicyclic) bond motifs is 1. The lowest BCUT2D eigenvalue weighted by Gasteiger charge is -2.08. The zero-order valence-electron chi connectivity index (χ0n) is 16.7. The number of nitrogens with one attached hydrogen (secondary N) is 1. The summed E-state index contributed by atoms with van der Waals surface area (Å²) in [5, 5.41) is 8.16. The topological polar surface area (TPSA) is 81.4 Å². The van der Waals surface area contributed by atoms with Gasteiger partial charge in [0.15, 0.2) is 10.0 Å². The van der Waals surface area contributed by atoms with Gasteiger partial charge in [0.05, 0.1) is 28.0 Å². The van der Waals surface area contributed by atoms with Crippen LogP contribution in [0.15, 0.2) is 62.6 Å². The Balaban J connectivity index is 1.44. The maximum atomic E-state index is 12.2. The summed E-state index contributed by atoms with van der Waals surface area (Å²) >= 11 is 6.65. The quantitative estimate of drug-likeness (QED) is 0.216. The van der Waals surface area contributed by atoms with Crippen molar-refractivity contribution in [3.63, 3.8) is 0 Å². The first-order valence-electron chi connectivity index (χ1n) is 9.21. The molecular weight excluding hydrogens is 498 g/mol. The van der Waals surface area contributed by atoms with Crippen molar-refractivity contribution in [2.45, 2.75) is 10.1 Å². The predicted molar refractivity (Wildman–Crippen MR) is 128 cm³/mol. The highest BCUT2D eigenvalue weighted by molar-refractivity contribution is 9.10. The normalized spacial score (nSPS) is 11.3. The number of halogens is 1. The minimum absolute atomic E-state index is 0.280. The van der Waals surface area contributed by atoms with E-state index in [2.05, 4.69) is 42.6 Å². The van der Waals surface area contributed by atoms with Crippen molar-refractivity contribution in [2.24, 2.45) is 12.1 Å². The van der Waals surface area contributed by atoms with Crippen molar-refractivity contribution in [3.8, 4) is 5.75 Å². The Labute approximate surface area is 195 Å². The van der Waals surface area contributed by atoms with Gasteiger partial charge in [-0.2, -0.15) is 10.2 Å². The molecular formula is C21H18BrN5O2S2. The molecule has 2 aromatic heterocycles. The molecule has 158 valence electrons. The Bertz CT molecular complexity index is 1230. The molecule has 0 saturated heterocycles. The fourth-order valence-electron chi connectivity index (χ4n) is 2.88. The molecule has 0 unspecified atom stereocenters. The fourth-order valence-corrected chi connectivity index (χ4v) is 5.48. The van der Waals surface area contributed by atoms with E-state index in [4.69, 9.17) is 4.74 Å². The van der Waals surface area contributed by atoms with E-state index in [1.807, 2.05) is 36.4 Å². The van der Waals surface area contributed by atoms with E-state index in [-0.39, 0.29) is 11.6 Å². The standard InChI is InChI=1S/C21H18BrN5O2S2/c1-27-11-15(22)19(26-27)20(28)25-23-10-13-7-8-17(29-2)14(9-13)12-30-21-24-16-5-3-4-6-18(16)31-21/h3-11H,12H2,1-2H3,(H,25,28)/b23-10-. The van der Waals surface area contributed by atoms with Gasteiger partial charge in [0.1, 0.15) is 5.75 Å². The summed E-state index contributed by atoms with van der Waals surface area (Å²) < 4.78 is 9.86. The molecule has 4 aromatic rings. The van der Waals surface area contributed by atoms with E-state index in [0.29, 0.717) is 10.2 Å². The van der Waals surface area contributed by atoms with Crippen LogP contribution in [0, 0.1) is 0 Å². The molecule has 0 saturated carbocycles. The number of methoxy groups -OCH3 is 1. The Hall–Kier alpha value is -2.69. The first-order valence-corrected chi connectivity index (χ1v) is 11.8.